The molecule has 2 N–H and O–H groups in total. The van der Waals surface area contributed by atoms with E-state index in [9.17, 15) is 18.3 Å². The molecule has 1 aliphatic heterocycles. The third-order valence-electron chi connectivity index (χ3n) is 3.11. The lowest BCUT2D eigenvalue weighted by molar-refractivity contribution is -0.187. The van der Waals surface area contributed by atoms with Crippen LogP contribution in [0.25, 0.3) is 0 Å². The van der Waals surface area contributed by atoms with Gasteiger partial charge in [0.2, 0.25) is 0 Å². The Bertz CT molecular complexity index is 451. The first kappa shape index (κ1) is 17.4. The third-order valence-corrected chi connectivity index (χ3v) is 3.42. The molecule has 1 atom stereocenters. The van der Waals surface area contributed by atoms with Crippen LogP contribution in [0.2, 0.25) is 5.02 Å². The molecule has 0 aromatic heterocycles. The maximum absolute atomic E-state index is 13.3. The van der Waals surface area contributed by atoms with E-state index in [1.54, 1.807) is 0 Å². The largest absolute Gasteiger partial charge is 0.506 e. The Hall–Kier alpha value is -0.690. The Morgan fingerprint density at radius 3 is 2.35 bits per heavy atom. The number of phenolic OH excluding ortho intramolecular Hbond substituents is 1. The van der Waals surface area contributed by atoms with E-state index in [-0.39, 0.29) is 28.7 Å². The van der Waals surface area contributed by atoms with Gasteiger partial charge in [0.05, 0.1) is 5.02 Å². The molecule has 0 bridgehead atoms. The molecule has 2 rings (SSSR count). The first-order valence-electron chi connectivity index (χ1n) is 5.89. The summed E-state index contributed by atoms with van der Waals surface area (Å²) < 4.78 is 39.8. The number of halogens is 5. The summed E-state index contributed by atoms with van der Waals surface area (Å²) >= 11 is 5.70. The molecule has 0 amide bonds. The number of alkyl halides is 3. The predicted molar refractivity (Wildman–Crippen MR) is 73.6 cm³/mol. The molecule has 3 nitrogen and oxygen atoms in total. The van der Waals surface area contributed by atoms with Crippen molar-refractivity contribution in [3.63, 3.8) is 0 Å². The van der Waals surface area contributed by atoms with E-state index < -0.39 is 12.2 Å². The minimum Gasteiger partial charge on any atom is -0.506 e. The molecule has 1 aromatic carbocycles. The lowest BCUT2D eigenvalue weighted by atomic mass is 10.0. The average molecular weight is 331 g/mol. The highest BCUT2D eigenvalue weighted by molar-refractivity contribution is 6.32. The van der Waals surface area contributed by atoms with Crippen LogP contribution in [0.3, 0.4) is 0 Å². The van der Waals surface area contributed by atoms with Gasteiger partial charge in [-0.2, -0.15) is 13.2 Å². The van der Waals surface area contributed by atoms with Crippen LogP contribution < -0.4 is 5.32 Å². The quantitative estimate of drug-likeness (QED) is 0.875. The number of piperazine rings is 1. The normalized spacial score (nSPS) is 18.4. The highest BCUT2D eigenvalue weighted by Crippen LogP contribution is 2.39. The molecule has 8 heteroatoms. The standard InChI is InChI=1S/C12H14ClF3N2O.ClH/c13-9-7-8(1-2-10(9)19)11(12(14,15)16)18-5-3-17-4-6-18;/h1-2,7,11,17,19H,3-6H2;1H/t11-;/m1./s1. The van der Waals surface area contributed by atoms with Crippen molar-refractivity contribution in [1.82, 2.24) is 10.2 Å². The first-order chi connectivity index (χ1) is 8.89. The molecule has 0 aliphatic carbocycles. The smallest absolute Gasteiger partial charge is 0.408 e. The van der Waals surface area contributed by atoms with Gasteiger partial charge in [-0.25, -0.2) is 0 Å². The second-order valence-corrected chi connectivity index (χ2v) is 4.85. The summed E-state index contributed by atoms with van der Waals surface area (Å²) in [7, 11) is 0. The van der Waals surface area contributed by atoms with Gasteiger partial charge in [0.1, 0.15) is 11.8 Å². The van der Waals surface area contributed by atoms with Gasteiger partial charge < -0.3 is 10.4 Å². The number of rotatable bonds is 2. The Morgan fingerprint density at radius 1 is 1.25 bits per heavy atom. The van der Waals surface area contributed by atoms with Crippen LogP contribution in [0.1, 0.15) is 11.6 Å². The van der Waals surface area contributed by atoms with Crippen LogP contribution in [0, 0.1) is 0 Å². The Kier molecular flexibility index (Phi) is 5.94. The summed E-state index contributed by atoms with van der Waals surface area (Å²) in [6.45, 7) is 1.70. The summed E-state index contributed by atoms with van der Waals surface area (Å²) in [6.07, 6.45) is -4.38. The van der Waals surface area contributed by atoms with E-state index >= 15 is 0 Å². The van der Waals surface area contributed by atoms with Crippen molar-refractivity contribution in [1.29, 1.82) is 0 Å². The fourth-order valence-corrected chi connectivity index (χ4v) is 2.43. The van der Waals surface area contributed by atoms with Gasteiger partial charge in [-0.05, 0) is 17.7 Å². The first-order valence-corrected chi connectivity index (χ1v) is 6.27. The molecular formula is C12H15Cl2F3N2O. The van der Waals surface area contributed by atoms with Crippen LogP contribution in [0.15, 0.2) is 18.2 Å². The van der Waals surface area contributed by atoms with Crippen molar-refractivity contribution < 1.29 is 18.3 Å². The van der Waals surface area contributed by atoms with E-state index in [0.717, 1.165) is 0 Å². The zero-order valence-corrected chi connectivity index (χ0v) is 12.0. The Balaban J connectivity index is 0.00000200. The zero-order valence-electron chi connectivity index (χ0n) is 10.5. The van der Waals surface area contributed by atoms with E-state index in [1.807, 2.05) is 0 Å². The molecule has 1 saturated heterocycles. The second kappa shape index (κ2) is 6.85. The molecule has 0 spiro atoms. The highest BCUT2D eigenvalue weighted by Gasteiger charge is 2.45. The highest BCUT2D eigenvalue weighted by atomic mass is 35.5. The summed E-state index contributed by atoms with van der Waals surface area (Å²) in [5.74, 6) is -0.216. The molecule has 0 unspecified atom stereocenters. The second-order valence-electron chi connectivity index (χ2n) is 4.44. The van der Waals surface area contributed by atoms with Crippen molar-refractivity contribution in [3.05, 3.63) is 28.8 Å². The van der Waals surface area contributed by atoms with Crippen molar-refractivity contribution in [2.45, 2.75) is 12.2 Å². The number of hydrogen-bond donors (Lipinski definition) is 2. The summed E-state index contributed by atoms with van der Waals surface area (Å²) in [6, 6.07) is 1.95. The number of nitrogens with zero attached hydrogens (tertiary/aromatic N) is 1. The fraction of sp³-hybridized carbons (Fsp3) is 0.500. The van der Waals surface area contributed by atoms with Crippen molar-refractivity contribution in [3.8, 4) is 5.75 Å². The molecule has 20 heavy (non-hydrogen) atoms. The van der Waals surface area contributed by atoms with Crippen LogP contribution in [-0.4, -0.2) is 42.4 Å². The van der Waals surface area contributed by atoms with Crippen molar-refractivity contribution >= 4 is 24.0 Å². The summed E-state index contributed by atoms with van der Waals surface area (Å²) in [5, 5.41) is 12.3. The molecule has 1 heterocycles. The SMILES string of the molecule is Cl.Oc1ccc([C@@H](N2CCNCC2)C(F)(F)F)cc1Cl. The molecule has 1 fully saturated rings. The van der Waals surface area contributed by atoms with E-state index in [4.69, 9.17) is 11.6 Å². The zero-order chi connectivity index (χ0) is 14.0. The third kappa shape index (κ3) is 3.91. The minimum absolute atomic E-state index is 0. The monoisotopic (exact) mass is 330 g/mol. The lowest BCUT2D eigenvalue weighted by Crippen LogP contribution is -2.49. The van der Waals surface area contributed by atoms with E-state index in [1.165, 1.54) is 23.1 Å². The summed E-state index contributed by atoms with van der Waals surface area (Å²) in [4.78, 5) is 1.37. The minimum atomic E-state index is -4.38. The van der Waals surface area contributed by atoms with Crippen LogP contribution >= 0.6 is 24.0 Å². The maximum Gasteiger partial charge on any atom is 0.408 e. The van der Waals surface area contributed by atoms with Crippen LogP contribution in [-0.2, 0) is 0 Å². The molecule has 1 aromatic rings. The molecular weight excluding hydrogens is 316 g/mol. The van der Waals surface area contributed by atoms with Gasteiger partial charge >= 0.3 is 6.18 Å². The van der Waals surface area contributed by atoms with Crippen molar-refractivity contribution in [2.24, 2.45) is 0 Å². The maximum atomic E-state index is 13.3. The predicted octanol–water partition coefficient (Wildman–Crippen LogP) is 2.98. The number of aromatic hydroxyl groups is 1. The van der Waals surface area contributed by atoms with E-state index in [2.05, 4.69) is 5.32 Å². The number of nitrogens with one attached hydrogen (secondary N) is 1. The molecule has 1 aliphatic rings. The Labute approximate surface area is 126 Å². The number of phenols is 1. The Morgan fingerprint density at radius 2 is 1.85 bits per heavy atom. The summed E-state index contributed by atoms with van der Waals surface area (Å²) in [5.41, 5.74) is 0.0530. The van der Waals surface area contributed by atoms with Gasteiger partial charge in [-0.15, -0.1) is 12.4 Å². The van der Waals surface area contributed by atoms with Gasteiger partial charge in [-0.1, -0.05) is 17.7 Å². The van der Waals surface area contributed by atoms with Gasteiger partial charge in [0, 0.05) is 26.2 Å². The van der Waals surface area contributed by atoms with Gasteiger partial charge in [0.25, 0.3) is 0 Å². The fourth-order valence-electron chi connectivity index (χ4n) is 2.24. The molecule has 0 saturated carbocycles. The van der Waals surface area contributed by atoms with E-state index in [0.29, 0.717) is 26.2 Å². The average Bonchev–Trinajstić information content (AvgIpc) is 2.34. The number of benzene rings is 1. The molecule has 0 radical (unpaired) electrons. The van der Waals surface area contributed by atoms with Gasteiger partial charge in [0.15, 0.2) is 0 Å². The van der Waals surface area contributed by atoms with Crippen LogP contribution in [0.4, 0.5) is 13.2 Å². The molecule has 114 valence electrons. The van der Waals surface area contributed by atoms with Gasteiger partial charge in [-0.3, -0.25) is 4.90 Å². The van der Waals surface area contributed by atoms with Crippen LogP contribution in [0.5, 0.6) is 5.75 Å². The number of hydrogen-bond acceptors (Lipinski definition) is 3. The topological polar surface area (TPSA) is 35.5 Å². The lowest BCUT2D eigenvalue weighted by Gasteiger charge is -2.36. The van der Waals surface area contributed by atoms with Crippen molar-refractivity contribution in [2.75, 3.05) is 26.2 Å².